The van der Waals surface area contributed by atoms with Gasteiger partial charge in [-0.2, -0.15) is 0 Å². The van der Waals surface area contributed by atoms with Crippen LogP contribution in [0.2, 0.25) is 0 Å². The number of hydrogen-bond acceptors (Lipinski definition) is 4. The van der Waals surface area contributed by atoms with Gasteiger partial charge in [-0.05, 0) is 44.0 Å². The summed E-state index contributed by atoms with van der Waals surface area (Å²) < 4.78 is 8.07. The summed E-state index contributed by atoms with van der Waals surface area (Å²) in [6.07, 6.45) is 3.34. The standard InChI is InChI=1S/C21H25N3O2/c1-15-18(24-12-6-5-9-20(24)23-15)14-22-13-16-10-11-19(21(16)25)26-17-7-3-2-4-8-17/h2-9,12,16,19,21-22,25H,10-11,13-14H2,1H3/t16-,19-,21-/m1/s1. The molecule has 26 heavy (non-hydrogen) atoms. The molecule has 0 aliphatic heterocycles. The number of aliphatic hydroxyl groups excluding tert-OH is 1. The molecule has 2 heterocycles. The van der Waals surface area contributed by atoms with E-state index in [1.54, 1.807) is 0 Å². The van der Waals surface area contributed by atoms with Crippen molar-refractivity contribution in [1.29, 1.82) is 0 Å². The number of benzene rings is 1. The Morgan fingerprint density at radius 1 is 1.15 bits per heavy atom. The van der Waals surface area contributed by atoms with E-state index in [0.717, 1.165) is 43.0 Å². The molecule has 0 saturated heterocycles. The molecule has 5 heteroatoms. The fourth-order valence-electron chi connectivity index (χ4n) is 3.80. The van der Waals surface area contributed by atoms with Crippen LogP contribution in [0.5, 0.6) is 5.75 Å². The summed E-state index contributed by atoms with van der Waals surface area (Å²) in [6.45, 7) is 3.55. The lowest BCUT2D eigenvalue weighted by atomic mass is 10.1. The molecule has 5 nitrogen and oxygen atoms in total. The Morgan fingerprint density at radius 3 is 2.81 bits per heavy atom. The Kier molecular flexibility index (Phi) is 4.91. The average molecular weight is 351 g/mol. The van der Waals surface area contributed by atoms with Gasteiger partial charge in [-0.25, -0.2) is 4.98 Å². The first-order valence-electron chi connectivity index (χ1n) is 9.25. The van der Waals surface area contributed by atoms with Crippen molar-refractivity contribution >= 4 is 5.65 Å². The van der Waals surface area contributed by atoms with Gasteiger partial charge in [-0.1, -0.05) is 24.3 Å². The van der Waals surface area contributed by atoms with E-state index in [2.05, 4.69) is 14.7 Å². The highest BCUT2D eigenvalue weighted by Gasteiger charge is 2.36. The molecule has 3 aromatic rings. The Bertz CT molecular complexity index is 862. The van der Waals surface area contributed by atoms with E-state index in [1.807, 2.05) is 61.7 Å². The zero-order valence-electron chi connectivity index (χ0n) is 15.0. The average Bonchev–Trinajstić information content (AvgIpc) is 3.16. The summed E-state index contributed by atoms with van der Waals surface area (Å²) in [6, 6.07) is 15.8. The van der Waals surface area contributed by atoms with Gasteiger partial charge in [0.2, 0.25) is 0 Å². The zero-order chi connectivity index (χ0) is 17.9. The van der Waals surface area contributed by atoms with Crippen molar-refractivity contribution in [3.8, 4) is 5.75 Å². The summed E-state index contributed by atoms with van der Waals surface area (Å²) >= 11 is 0. The van der Waals surface area contributed by atoms with Gasteiger partial charge in [-0.15, -0.1) is 0 Å². The van der Waals surface area contributed by atoms with Gasteiger partial charge in [0.25, 0.3) is 0 Å². The first kappa shape index (κ1) is 17.1. The molecule has 136 valence electrons. The van der Waals surface area contributed by atoms with Crippen molar-refractivity contribution in [2.45, 2.75) is 38.5 Å². The van der Waals surface area contributed by atoms with Crippen LogP contribution in [-0.2, 0) is 6.54 Å². The Balaban J connectivity index is 1.33. The number of aromatic nitrogens is 2. The van der Waals surface area contributed by atoms with Gasteiger partial charge in [-0.3, -0.25) is 0 Å². The number of rotatable bonds is 6. The SMILES string of the molecule is Cc1nc2ccccn2c1CNC[C@H]1CC[C@@H](Oc2ccccc2)[C@@H]1O. The molecule has 1 aromatic carbocycles. The molecule has 0 unspecified atom stereocenters. The van der Waals surface area contributed by atoms with E-state index in [0.29, 0.717) is 0 Å². The van der Waals surface area contributed by atoms with Gasteiger partial charge in [0, 0.05) is 25.2 Å². The van der Waals surface area contributed by atoms with Crippen molar-refractivity contribution < 1.29 is 9.84 Å². The van der Waals surface area contributed by atoms with E-state index >= 15 is 0 Å². The summed E-state index contributed by atoms with van der Waals surface area (Å²) in [4.78, 5) is 4.59. The number of nitrogens with one attached hydrogen (secondary N) is 1. The van der Waals surface area contributed by atoms with Crippen molar-refractivity contribution in [3.05, 3.63) is 66.1 Å². The highest BCUT2D eigenvalue weighted by atomic mass is 16.5. The lowest BCUT2D eigenvalue weighted by Gasteiger charge is -2.21. The lowest BCUT2D eigenvalue weighted by molar-refractivity contribution is 0.0350. The maximum absolute atomic E-state index is 10.6. The predicted octanol–water partition coefficient (Wildman–Crippen LogP) is 2.95. The van der Waals surface area contributed by atoms with Crippen LogP contribution in [-0.4, -0.2) is 33.2 Å². The molecule has 0 amide bonds. The molecule has 1 fully saturated rings. The molecule has 1 aliphatic carbocycles. The summed E-state index contributed by atoms with van der Waals surface area (Å²) in [5.41, 5.74) is 3.19. The van der Waals surface area contributed by atoms with Gasteiger partial charge < -0.3 is 19.6 Å². The number of imidazole rings is 1. The van der Waals surface area contributed by atoms with Crippen LogP contribution < -0.4 is 10.1 Å². The van der Waals surface area contributed by atoms with Gasteiger partial charge in [0.15, 0.2) is 0 Å². The number of para-hydroxylation sites is 1. The minimum Gasteiger partial charge on any atom is -0.488 e. The molecule has 0 spiro atoms. The molecule has 0 bridgehead atoms. The predicted molar refractivity (Wildman–Crippen MR) is 101 cm³/mol. The number of hydrogen-bond donors (Lipinski definition) is 2. The van der Waals surface area contributed by atoms with E-state index in [-0.39, 0.29) is 12.0 Å². The van der Waals surface area contributed by atoms with Crippen molar-refractivity contribution in [2.24, 2.45) is 5.92 Å². The number of aliphatic hydroxyl groups is 1. The highest BCUT2D eigenvalue weighted by molar-refractivity contribution is 5.42. The van der Waals surface area contributed by atoms with Crippen LogP contribution in [0.3, 0.4) is 0 Å². The number of nitrogens with zero attached hydrogens (tertiary/aromatic N) is 2. The third kappa shape index (κ3) is 3.45. The lowest BCUT2D eigenvalue weighted by Crippen LogP contribution is -2.35. The van der Waals surface area contributed by atoms with Crippen LogP contribution >= 0.6 is 0 Å². The molecular weight excluding hydrogens is 326 g/mol. The van der Waals surface area contributed by atoms with E-state index < -0.39 is 6.10 Å². The number of aryl methyl sites for hydroxylation is 1. The van der Waals surface area contributed by atoms with E-state index in [4.69, 9.17) is 4.74 Å². The van der Waals surface area contributed by atoms with Crippen LogP contribution in [0.15, 0.2) is 54.7 Å². The van der Waals surface area contributed by atoms with Gasteiger partial charge in [0.05, 0.1) is 17.5 Å². The summed E-state index contributed by atoms with van der Waals surface area (Å²) in [5, 5.41) is 14.1. The summed E-state index contributed by atoms with van der Waals surface area (Å²) in [5.74, 6) is 1.04. The van der Waals surface area contributed by atoms with Crippen LogP contribution in [0.1, 0.15) is 24.2 Å². The first-order chi connectivity index (χ1) is 12.7. The highest BCUT2D eigenvalue weighted by Crippen LogP contribution is 2.29. The fraction of sp³-hybridized carbons (Fsp3) is 0.381. The largest absolute Gasteiger partial charge is 0.488 e. The minimum absolute atomic E-state index is 0.123. The van der Waals surface area contributed by atoms with E-state index in [9.17, 15) is 5.11 Å². The third-order valence-corrected chi connectivity index (χ3v) is 5.24. The Labute approximate surface area is 153 Å². The second-order valence-electron chi connectivity index (χ2n) is 7.00. The topological polar surface area (TPSA) is 58.8 Å². The smallest absolute Gasteiger partial charge is 0.137 e. The third-order valence-electron chi connectivity index (χ3n) is 5.24. The maximum Gasteiger partial charge on any atom is 0.137 e. The molecule has 0 radical (unpaired) electrons. The molecule has 1 saturated carbocycles. The second-order valence-corrected chi connectivity index (χ2v) is 7.00. The quantitative estimate of drug-likeness (QED) is 0.717. The minimum atomic E-state index is -0.439. The first-order valence-corrected chi connectivity index (χ1v) is 9.25. The van der Waals surface area contributed by atoms with Gasteiger partial charge >= 0.3 is 0 Å². The normalized spacial score (nSPS) is 22.8. The monoisotopic (exact) mass is 351 g/mol. The second kappa shape index (κ2) is 7.48. The number of fused-ring (bicyclic) bond motifs is 1. The van der Waals surface area contributed by atoms with Gasteiger partial charge in [0.1, 0.15) is 17.5 Å². The molecule has 3 atom stereocenters. The number of ether oxygens (including phenoxy) is 1. The Morgan fingerprint density at radius 2 is 1.96 bits per heavy atom. The number of pyridine rings is 1. The van der Waals surface area contributed by atoms with Crippen LogP contribution in [0, 0.1) is 12.8 Å². The Hall–Kier alpha value is -2.37. The van der Waals surface area contributed by atoms with E-state index in [1.165, 1.54) is 5.69 Å². The summed E-state index contributed by atoms with van der Waals surface area (Å²) in [7, 11) is 0. The molecular formula is C21H25N3O2. The fourth-order valence-corrected chi connectivity index (χ4v) is 3.80. The molecule has 2 N–H and O–H groups in total. The van der Waals surface area contributed by atoms with Crippen molar-refractivity contribution in [1.82, 2.24) is 14.7 Å². The van der Waals surface area contributed by atoms with Crippen LogP contribution in [0.25, 0.3) is 5.65 Å². The van der Waals surface area contributed by atoms with Crippen LogP contribution in [0.4, 0.5) is 0 Å². The molecule has 4 rings (SSSR count). The van der Waals surface area contributed by atoms with Crippen molar-refractivity contribution in [3.63, 3.8) is 0 Å². The maximum atomic E-state index is 10.6. The van der Waals surface area contributed by atoms with Crippen molar-refractivity contribution in [2.75, 3.05) is 6.54 Å². The molecule has 1 aliphatic rings. The molecule has 2 aromatic heterocycles. The zero-order valence-corrected chi connectivity index (χ0v) is 15.0.